The smallest absolute Gasteiger partial charge is 0.318 e. The molecule has 0 spiro atoms. The normalized spacial score (nSPS) is 27.4. The van der Waals surface area contributed by atoms with Crippen LogP contribution >= 0.6 is 11.8 Å². The number of allylic oxidation sites excluding steroid dienone is 2. The molecule has 0 saturated heterocycles. The number of thioether (sulfide) groups is 1. The maximum Gasteiger partial charge on any atom is 0.318 e. The maximum absolute atomic E-state index is 11.5. The largest absolute Gasteiger partial charge is 0.465 e. The molecule has 1 rings (SSSR count). The Hall–Kier alpha value is -0.440. The highest BCUT2D eigenvalue weighted by molar-refractivity contribution is 7.99. The Morgan fingerprint density at radius 1 is 1.53 bits per heavy atom. The summed E-state index contributed by atoms with van der Waals surface area (Å²) in [7, 11) is 0. The van der Waals surface area contributed by atoms with Crippen molar-refractivity contribution in [2.45, 2.75) is 31.9 Å². The van der Waals surface area contributed by atoms with Gasteiger partial charge in [0.1, 0.15) is 0 Å². The minimum atomic E-state index is -0.0794. The maximum atomic E-state index is 11.5. The quantitative estimate of drug-likeness (QED) is 0.546. The van der Waals surface area contributed by atoms with E-state index in [2.05, 4.69) is 19.1 Å². The van der Waals surface area contributed by atoms with Gasteiger partial charge in [-0.25, -0.2) is 0 Å². The summed E-state index contributed by atoms with van der Waals surface area (Å²) in [6, 6.07) is 0. The van der Waals surface area contributed by atoms with Gasteiger partial charge in [-0.1, -0.05) is 19.1 Å². The fourth-order valence-corrected chi connectivity index (χ4v) is 1.90. The molecule has 86 valence electrons. The molecule has 0 radical (unpaired) electrons. The first-order valence-corrected chi connectivity index (χ1v) is 6.78. The summed E-state index contributed by atoms with van der Waals surface area (Å²) in [5.41, 5.74) is 0. The Morgan fingerprint density at radius 2 is 2.20 bits per heavy atom. The van der Waals surface area contributed by atoms with Crippen LogP contribution in [0.1, 0.15) is 26.7 Å². The predicted octanol–water partition coefficient (Wildman–Crippen LogP) is 2.88. The number of hydrogen-bond donors (Lipinski definition) is 0. The highest BCUT2D eigenvalue weighted by Gasteiger charge is 2.21. The molecule has 3 atom stereocenters. The van der Waals surface area contributed by atoms with Gasteiger partial charge in [-0.15, -0.1) is 0 Å². The molecule has 15 heavy (non-hydrogen) atoms. The second-order valence-electron chi connectivity index (χ2n) is 4.19. The van der Waals surface area contributed by atoms with Crippen molar-refractivity contribution in [2.75, 3.05) is 12.9 Å². The van der Waals surface area contributed by atoms with E-state index in [9.17, 15) is 4.79 Å². The molecule has 0 bridgehead atoms. The lowest BCUT2D eigenvalue weighted by molar-refractivity contribution is -0.144. The van der Waals surface area contributed by atoms with Crippen molar-refractivity contribution in [3.63, 3.8) is 0 Å². The second kappa shape index (κ2) is 6.21. The van der Waals surface area contributed by atoms with Crippen LogP contribution in [0.3, 0.4) is 0 Å². The Labute approximate surface area is 96.5 Å². The molecule has 1 aliphatic rings. The van der Waals surface area contributed by atoms with Crippen molar-refractivity contribution in [1.29, 1.82) is 0 Å². The number of carbonyl (C=O) groups is 1. The van der Waals surface area contributed by atoms with Gasteiger partial charge in [0.15, 0.2) is 0 Å². The van der Waals surface area contributed by atoms with Crippen LogP contribution in [-0.4, -0.2) is 24.1 Å². The highest BCUT2D eigenvalue weighted by Crippen LogP contribution is 2.25. The van der Waals surface area contributed by atoms with E-state index in [4.69, 9.17) is 4.74 Å². The number of rotatable bonds is 4. The van der Waals surface area contributed by atoms with Gasteiger partial charge in [-0.3, -0.25) is 4.79 Å². The number of hydrogen-bond acceptors (Lipinski definition) is 3. The average molecular weight is 228 g/mol. The van der Waals surface area contributed by atoms with Crippen LogP contribution in [0.2, 0.25) is 0 Å². The van der Waals surface area contributed by atoms with Gasteiger partial charge < -0.3 is 4.74 Å². The topological polar surface area (TPSA) is 26.3 Å². The summed E-state index contributed by atoms with van der Waals surface area (Å²) in [6.07, 6.45) is 8.49. The van der Waals surface area contributed by atoms with E-state index in [0.717, 1.165) is 12.8 Å². The van der Waals surface area contributed by atoms with Gasteiger partial charge in [-0.2, -0.15) is 11.8 Å². The van der Waals surface area contributed by atoms with E-state index >= 15 is 0 Å². The third-order valence-corrected chi connectivity index (χ3v) is 3.94. The van der Waals surface area contributed by atoms with Crippen LogP contribution in [0.5, 0.6) is 0 Å². The number of carbonyl (C=O) groups excluding carboxylic acids is 1. The van der Waals surface area contributed by atoms with Gasteiger partial charge in [0.25, 0.3) is 0 Å². The van der Waals surface area contributed by atoms with E-state index in [1.165, 1.54) is 11.8 Å². The molecule has 3 unspecified atom stereocenters. The monoisotopic (exact) mass is 228 g/mol. The van der Waals surface area contributed by atoms with Crippen molar-refractivity contribution >= 4 is 17.7 Å². The predicted molar refractivity (Wildman–Crippen MR) is 65.0 cm³/mol. The summed E-state index contributed by atoms with van der Waals surface area (Å²) in [6.45, 7) is 4.69. The summed E-state index contributed by atoms with van der Waals surface area (Å²) in [5.74, 6) is 1.06. The average Bonchev–Trinajstić information content (AvgIpc) is 2.26. The third-order valence-electron chi connectivity index (χ3n) is 3.04. The molecule has 0 saturated carbocycles. The van der Waals surface area contributed by atoms with Crippen LogP contribution < -0.4 is 0 Å². The Balaban J connectivity index is 2.30. The zero-order chi connectivity index (χ0) is 11.3. The lowest BCUT2D eigenvalue weighted by Crippen LogP contribution is -2.24. The SMILES string of the molecule is CSC(C)C(=O)OCC1CC=CCC1C. The van der Waals surface area contributed by atoms with E-state index < -0.39 is 0 Å². The number of esters is 1. The molecule has 0 N–H and O–H groups in total. The van der Waals surface area contributed by atoms with E-state index in [0.29, 0.717) is 18.4 Å². The summed E-state index contributed by atoms with van der Waals surface area (Å²) < 4.78 is 5.31. The van der Waals surface area contributed by atoms with E-state index in [1.807, 2.05) is 13.2 Å². The molecule has 0 aliphatic heterocycles. The molecular weight excluding hydrogens is 208 g/mol. The molecule has 2 nitrogen and oxygen atoms in total. The van der Waals surface area contributed by atoms with Crippen LogP contribution in [0.15, 0.2) is 12.2 Å². The molecular formula is C12H20O2S. The Bertz CT molecular complexity index is 238. The second-order valence-corrected chi connectivity index (χ2v) is 5.37. The molecule has 1 aliphatic carbocycles. The van der Waals surface area contributed by atoms with Crippen LogP contribution in [0.25, 0.3) is 0 Å². The van der Waals surface area contributed by atoms with Gasteiger partial charge in [0, 0.05) is 0 Å². The standard InChI is InChI=1S/C12H20O2S/c1-9-6-4-5-7-11(9)8-14-12(13)10(2)15-3/h4-5,9-11H,6-8H2,1-3H3. The van der Waals surface area contributed by atoms with Crippen molar-refractivity contribution in [1.82, 2.24) is 0 Å². The van der Waals surface area contributed by atoms with E-state index in [-0.39, 0.29) is 11.2 Å². The van der Waals surface area contributed by atoms with Gasteiger partial charge in [0.05, 0.1) is 11.9 Å². The van der Waals surface area contributed by atoms with Gasteiger partial charge in [0.2, 0.25) is 0 Å². The minimum absolute atomic E-state index is 0.0422. The van der Waals surface area contributed by atoms with Gasteiger partial charge in [-0.05, 0) is 37.9 Å². The molecule has 0 aromatic carbocycles. The molecule has 0 fully saturated rings. The van der Waals surface area contributed by atoms with Crippen molar-refractivity contribution in [3.8, 4) is 0 Å². The minimum Gasteiger partial charge on any atom is -0.465 e. The van der Waals surface area contributed by atoms with Gasteiger partial charge >= 0.3 is 5.97 Å². The fourth-order valence-electron chi connectivity index (χ4n) is 1.64. The van der Waals surface area contributed by atoms with E-state index in [1.54, 1.807) is 0 Å². The van der Waals surface area contributed by atoms with Crippen molar-refractivity contribution in [3.05, 3.63) is 12.2 Å². The summed E-state index contributed by atoms with van der Waals surface area (Å²) in [5, 5.41) is -0.0422. The fraction of sp³-hybridized carbons (Fsp3) is 0.750. The summed E-state index contributed by atoms with van der Waals surface area (Å²) in [4.78, 5) is 11.5. The van der Waals surface area contributed by atoms with Crippen LogP contribution in [0, 0.1) is 11.8 Å². The zero-order valence-electron chi connectivity index (χ0n) is 9.73. The third kappa shape index (κ3) is 3.90. The molecule has 3 heteroatoms. The lowest BCUT2D eigenvalue weighted by atomic mass is 9.85. The van der Waals surface area contributed by atoms with Crippen molar-refractivity contribution in [2.24, 2.45) is 11.8 Å². The highest BCUT2D eigenvalue weighted by atomic mass is 32.2. The van der Waals surface area contributed by atoms with Crippen molar-refractivity contribution < 1.29 is 9.53 Å². The zero-order valence-corrected chi connectivity index (χ0v) is 10.5. The summed E-state index contributed by atoms with van der Waals surface area (Å²) >= 11 is 1.53. The van der Waals surface area contributed by atoms with Crippen LogP contribution in [-0.2, 0) is 9.53 Å². The Kier molecular flexibility index (Phi) is 5.23. The first kappa shape index (κ1) is 12.6. The first-order chi connectivity index (χ1) is 7.15. The van der Waals surface area contributed by atoms with Crippen LogP contribution in [0.4, 0.5) is 0 Å². The molecule has 0 aromatic rings. The molecule has 0 heterocycles. The first-order valence-electron chi connectivity index (χ1n) is 5.49. The molecule has 0 amide bonds. The Morgan fingerprint density at radius 3 is 2.80 bits per heavy atom. The number of ether oxygens (including phenoxy) is 1. The molecule has 0 aromatic heterocycles. The lowest BCUT2D eigenvalue weighted by Gasteiger charge is -2.25.